The molecule has 1 aliphatic rings. The van der Waals surface area contributed by atoms with Gasteiger partial charge in [0.15, 0.2) is 0 Å². The molecule has 1 fully saturated rings. The summed E-state index contributed by atoms with van der Waals surface area (Å²) in [4.78, 5) is 4.21. The van der Waals surface area contributed by atoms with Gasteiger partial charge >= 0.3 is 0 Å². The highest BCUT2D eigenvalue weighted by Crippen LogP contribution is 2.25. The van der Waals surface area contributed by atoms with Crippen molar-refractivity contribution < 1.29 is 5.11 Å². The third-order valence-corrected chi connectivity index (χ3v) is 3.32. The predicted octanol–water partition coefficient (Wildman–Crippen LogP) is 1.55. The lowest BCUT2D eigenvalue weighted by molar-refractivity contribution is 0.138. The van der Waals surface area contributed by atoms with Crippen LogP contribution in [-0.4, -0.2) is 22.7 Å². The number of hydrogen-bond donors (Lipinski definition) is 3. The molecular formula is C12H19N3O. The number of aromatic nitrogens is 1. The monoisotopic (exact) mass is 221 g/mol. The van der Waals surface area contributed by atoms with Crippen LogP contribution in [-0.2, 0) is 0 Å². The SMILES string of the molecule is Cc1cc(NCC2CCCC2O)ncc1N. The van der Waals surface area contributed by atoms with Crippen LogP contribution < -0.4 is 11.1 Å². The molecule has 2 rings (SSSR count). The molecule has 1 heterocycles. The Morgan fingerprint density at radius 1 is 1.56 bits per heavy atom. The third kappa shape index (κ3) is 2.44. The number of hydrogen-bond acceptors (Lipinski definition) is 4. The molecule has 1 aromatic heterocycles. The van der Waals surface area contributed by atoms with Crippen molar-refractivity contribution in [2.24, 2.45) is 5.92 Å². The van der Waals surface area contributed by atoms with Crippen LogP contribution in [0.3, 0.4) is 0 Å². The van der Waals surface area contributed by atoms with Gasteiger partial charge in [0.05, 0.1) is 18.0 Å². The zero-order valence-corrected chi connectivity index (χ0v) is 9.61. The number of rotatable bonds is 3. The van der Waals surface area contributed by atoms with Gasteiger partial charge in [0.1, 0.15) is 5.82 Å². The molecule has 0 amide bonds. The van der Waals surface area contributed by atoms with Gasteiger partial charge in [-0.15, -0.1) is 0 Å². The fourth-order valence-corrected chi connectivity index (χ4v) is 2.15. The summed E-state index contributed by atoms with van der Waals surface area (Å²) in [5, 5.41) is 12.9. The normalized spacial score (nSPS) is 24.6. The Balaban J connectivity index is 1.91. The molecule has 16 heavy (non-hydrogen) atoms. The first-order valence-electron chi connectivity index (χ1n) is 5.81. The second-order valence-corrected chi connectivity index (χ2v) is 4.57. The van der Waals surface area contributed by atoms with Crippen molar-refractivity contribution in [2.45, 2.75) is 32.3 Å². The summed E-state index contributed by atoms with van der Waals surface area (Å²) in [6, 6.07) is 1.94. The van der Waals surface area contributed by atoms with Gasteiger partial charge in [-0.2, -0.15) is 0 Å². The van der Waals surface area contributed by atoms with Gasteiger partial charge in [0.25, 0.3) is 0 Å². The Kier molecular flexibility index (Phi) is 3.29. The average molecular weight is 221 g/mol. The largest absolute Gasteiger partial charge is 0.397 e. The van der Waals surface area contributed by atoms with E-state index in [4.69, 9.17) is 5.73 Å². The number of pyridine rings is 1. The summed E-state index contributed by atoms with van der Waals surface area (Å²) in [7, 11) is 0. The number of anilines is 2. The number of aliphatic hydroxyl groups is 1. The molecule has 1 saturated carbocycles. The maximum absolute atomic E-state index is 9.69. The van der Waals surface area contributed by atoms with Crippen molar-refractivity contribution in [2.75, 3.05) is 17.6 Å². The Hall–Kier alpha value is -1.29. The van der Waals surface area contributed by atoms with Crippen LogP contribution in [0, 0.1) is 12.8 Å². The highest BCUT2D eigenvalue weighted by molar-refractivity contribution is 5.50. The van der Waals surface area contributed by atoms with Gasteiger partial charge in [-0.05, 0) is 31.4 Å². The van der Waals surface area contributed by atoms with Crippen LogP contribution in [0.15, 0.2) is 12.3 Å². The topological polar surface area (TPSA) is 71.2 Å². The summed E-state index contributed by atoms with van der Waals surface area (Å²) in [5.74, 6) is 1.20. The van der Waals surface area contributed by atoms with Crippen LogP contribution in [0.5, 0.6) is 0 Å². The van der Waals surface area contributed by atoms with E-state index in [0.29, 0.717) is 11.6 Å². The predicted molar refractivity (Wildman–Crippen MR) is 65.2 cm³/mol. The number of nitrogens with two attached hydrogens (primary N) is 1. The van der Waals surface area contributed by atoms with Gasteiger partial charge in [-0.25, -0.2) is 4.98 Å². The summed E-state index contributed by atoms with van der Waals surface area (Å²) >= 11 is 0. The lowest BCUT2D eigenvalue weighted by Gasteiger charge is -2.15. The first kappa shape index (κ1) is 11.2. The number of nitrogens with zero attached hydrogens (tertiary/aromatic N) is 1. The summed E-state index contributed by atoms with van der Waals surface area (Å²) in [6.45, 7) is 2.75. The Bertz CT molecular complexity index is 367. The second-order valence-electron chi connectivity index (χ2n) is 4.57. The molecule has 0 aliphatic heterocycles. The zero-order valence-electron chi connectivity index (χ0n) is 9.61. The maximum Gasteiger partial charge on any atom is 0.126 e. The van der Waals surface area contributed by atoms with E-state index in [2.05, 4.69) is 10.3 Å². The van der Waals surface area contributed by atoms with Crippen LogP contribution in [0.2, 0.25) is 0 Å². The molecule has 0 radical (unpaired) electrons. The van der Waals surface area contributed by atoms with E-state index in [1.54, 1.807) is 6.20 Å². The summed E-state index contributed by atoms with van der Waals surface area (Å²) < 4.78 is 0. The molecule has 0 bridgehead atoms. The van der Waals surface area contributed by atoms with Crippen molar-refractivity contribution in [3.63, 3.8) is 0 Å². The first-order chi connectivity index (χ1) is 7.66. The van der Waals surface area contributed by atoms with Crippen LogP contribution in [0.4, 0.5) is 11.5 Å². The van der Waals surface area contributed by atoms with Crippen molar-refractivity contribution in [3.8, 4) is 0 Å². The molecular weight excluding hydrogens is 202 g/mol. The third-order valence-electron chi connectivity index (χ3n) is 3.32. The van der Waals surface area contributed by atoms with Crippen molar-refractivity contribution in [1.82, 2.24) is 4.98 Å². The molecule has 4 nitrogen and oxygen atoms in total. The van der Waals surface area contributed by atoms with Crippen LogP contribution in [0.25, 0.3) is 0 Å². The van der Waals surface area contributed by atoms with E-state index in [1.807, 2.05) is 13.0 Å². The highest BCUT2D eigenvalue weighted by atomic mass is 16.3. The summed E-state index contributed by atoms with van der Waals surface area (Å²) in [5.41, 5.74) is 7.45. The van der Waals surface area contributed by atoms with Gasteiger partial charge in [0, 0.05) is 12.5 Å². The Morgan fingerprint density at radius 3 is 3.00 bits per heavy atom. The molecule has 2 atom stereocenters. The van der Waals surface area contributed by atoms with Gasteiger partial charge in [-0.3, -0.25) is 0 Å². The minimum atomic E-state index is -0.151. The molecule has 0 spiro atoms. The zero-order chi connectivity index (χ0) is 11.5. The van der Waals surface area contributed by atoms with Crippen LogP contribution >= 0.6 is 0 Å². The lowest BCUT2D eigenvalue weighted by Crippen LogP contribution is -2.22. The van der Waals surface area contributed by atoms with Crippen molar-refractivity contribution in [3.05, 3.63) is 17.8 Å². The van der Waals surface area contributed by atoms with Gasteiger partial charge in [0.2, 0.25) is 0 Å². The molecule has 4 N–H and O–H groups in total. The Labute approximate surface area is 95.9 Å². The number of aliphatic hydroxyl groups excluding tert-OH is 1. The van der Waals surface area contributed by atoms with E-state index >= 15 is 0 Å². The Morgan fingerprint density at radius 2 is 2.38 bits per heavy atom. The van der Waals surface area contributed by atoms with Crippen LogP contribution in [0.1, 0.15) is 24.8 Å². The van der Waals surface area contributed by atoms with Crippen molar-refractivity contribution in [1.29, 1.82) is 0 Å². The van der Waals surface area contributed by atoms with E-state index in [-0.39, 0.29) is 6.10 Å². The van der Waals surface area contributed by atoms with E-state index < -0.39 is 0 Å². The van der Waals surface area contributed by atoms with Gasteiger partial charge in [-0.1, -0.05) is 6.42 Å². The van der Waals surface area contributed by atoms with E-state index in [0.717, 1.165) is 37.2 Å². The molecule has 4 heteroatoms. The molecule has 2 unspecified atom stereocenters. The second kappa shape index (κ2) is 4.70. The fourth-order valence-electron chi connectivity index (χ4n) is 2.15. The number of aryl methyl sites for hydroxylation is 1. The number of nitrogen functional groups attached to an aromatic ring is 1. The number of nitrogens with one attached hydrogen (secondary N) is 1. The van der Waals surface area contributed by atoms with E-state index in [9.17, 15) is 5.11 Å². The molecule has 88 valence electrons. The summed E-state index contributed by atoms with van der Waals surface area (Å²) in [6.07, 6.45) is 4.68. The standard InChI is InChI=1S/C12H19N3O/c1-8-5-12(15-7-10(8)13)14-6-9-3-2-4-11(9)16/h5,7,9,11,16H,2-4,6,13H2,1H3,(H,14,15). The minimum absolute atomic E-state index is 0.151. The molecule has 0 saturated heterocycles. The molecule has 1 aliphatic carbocycles. The highest BCUT2D eigenvalue weighted by Gasteiger charge is 2.24. The fraction of sp³-hybridized carbons (Fsp3) is 0.583. The average Bonchev–Trinajstić information content (AvgIpc) is 2.66. The smallest absolute Gasteiger partial charge is 0.126 e. The minimum Gasteiger partial charge on any atom is -0.397 e. The van der Waals surface area contributed by atoms with E-state index in [1.165, 1.54) is 0 Å². The lowest BCUT2D eigenvalue weighted by atomic mass is 10.1. The van der Waals surface area contributed by atoms with Gasteiger partial charge < -0.3 is 16.2 Å². The molecule has 0 aromatic carbocycles. The maximum atomic E-state index is 9.69. The van der Waals surface area contributed by atoms with Crippen molar-refractivity contribution >= 4 is 11.5 Å². The molecule has 1 aromatic rings. The quantitative estimate of drug-likeness (QED) is 0.724. The first-order valence-corrected chi connectivity index (χ1v) is 5.81.